The van der Waals surface area contributed by atoms with E-state index in [1.807, 2.05) is 0 Å². The molecule has 1 N–H and O–H groups in total. The number of benzene rings is 1. The molecular formula is C11H11FN2O3S2. The third-order valence-electron chi connectivity index (χ3n) is 2.55. The van der Waals surface area contributed by atoms with Crippen LogP contribution in [0.2, 0.25) is 0 Å². The van der Waals surface area contributed by atoms with Crippen molar-refractivity contribution in [3.63, 3.8) is 0 Å². The first kappa shape index (κ1) is 13.8. The highest BCUT2D eigenvalue weighted by Crippen LogP contribution is 2.25. The molecule has 0 saturated heterocycles. The van der Waals surface area contributed by atoms with Crippen molar-refractivity contribution in [1.29, 1.82) is 0 Å². The number of hydrogen-bond donors (Lipinski definition) is 1. The number of halogens is 1. The summed E-state index contributed by atoms with van der Waals surface area (Å²) in [5, 5.41) is 0. The molecule has 1 aromatic carbocycles. The van der Waals surface area contributed by atoms with Crippen molar-refractivity contribution in [2.75, 3.05) is 11.4 Å². The molecule has 0 amide bonds. The lowest BCUT2D eigenvalue weighted by Gasteiger charge is -2.18. The molecule has 0 atom stereocenters. The zero-order valence-electron chi connectivity index (χ0n) is 10.2. The molecule has 0 unspecified atom stereocenters. The second-order valence-electron chi connectivity index (χ2n) is 3.88. The smallest absolute Gasteiger partial charge is 0.306 e. The zero-order chi connectivity index (χ0) is 14.2. The molecule has 0 saturated carbocycles. The number of hydrogen-bond acceptors (Lipinski definition) is 4. The summed E-state index contributed by atoms with van der Waals surface area (Å²) in [6, 6.07) is 5.24. The van der Waals surface area contributed by atoms with Gasteiger partial charge in [0.05, 0.1) is 5.69 Å². The van der Waals surface area contributed by atoms with Crippen LogP contribution in [0.15, 0.2) is 33.3 Å². The Labute approximate surface area is 113 Å². The molecule has 1 aromatic heterocycles. The number of aromatic amines is 1. The molecule has 1 heterocycles. The van der Waals surface area contributed by atoms with Crippen LogP contribution in [0.5, 0.6) is 0 Å². The lowest BCUT2D eigenvalue weighted by molar-refractivity contribution is 0.595. The molecule has 2 aromatic rings. The highest BCUT2D eigenvalue weighted by molar-refractivity contribution is 7.94. The van der Waals surface area contributed by atoms with Crippen LogP contribution in [0.4, 0.5) is 10.1 Å². The summed E-state index contributed by atoms with van der Waals surface area (Å²) >= 11 is 0.614. The number of H-pyrrole nitrogens is 1. The summed E-state index contributed by atoms with van der Waals surface area (Å²) in [5.74, 6) is -0.529. The van der Waals surface area contributed by atoms with E-state index in [2.05, 4.69) is 4.98 Å². The van der Waals surface area contributed by atoms with Crippen molar-refractivity contribution >= 4 is 27.0 Å². The molecule has 0 aliphatic carbocycles. The zero-order valence-corrected chi connectivity index (χ0v) is 11.8. The van der Waals surface area contributed by atoms with Gasteiger partial charge in [0.1, 0.15) is 5.82 Å². The SMILES string of the molecule is Cc1[nH]c(=O)sc1S(=O)(=O)N(C)c1cccc(F)c1. The van der Waals surface area contributed by atoms with Crippen LogP contribution in [0.25, 0.3) is 0 Å². The van der Waals surface area contributed by atoms with Crippen LogP contribution in [0.3, 0.4) is 0 Å². The Kier molecular flexibility index (Phi) is 3.46. The average molecular weight is 302 g/mol. The van der Waals surface area contributed by atoms with Crippen LogP contribution in [-0.4, -0.2) is 20.4 Å². The fourth-order valence-electron chi connectivity index (χ4n) is 1.57. The van der Waals surface area contributed by atoms with E-state index >= 15 is 0 Å². The van der Waals surface area contributed by atoms with E-state index in [0.717, 1.165) is 10.4 Å². The van der Waals surface area contributed by atoms with Crippen molar-refractivity contribution < 1.29 is 12.8 Å². The molecule has 19 heavy (non-hydrogen) atoms. The molecule has 2 rings (SSSR count). The monoisotopic (exact) mass is 302 g/mol. The van der Waals surface area contributed by atoms with E-state index < -0.39 is 20.7 Å². The van der Waals surface area contributed by atoms with Crippen molar-refractivity contribution in [2.45, 2.75) is 11.1 Å². The number of anilines is 1. The van der Waals surface area contributed by atoms with Gasteiger partial charge in [-0.1, -0.05) is 17.4 Å². The van der Waals surface area contributed by atoms with E-state index in [9.17, 15) is 17.6 Å². The van der Waals surface area contributed by atoms with Crippen molar-refractivity contribution in [2.24, 2.45) is 0 Å². The maximum atomic E-state index is 13.1. The minimum absolute atomic E-state index is 0.0655. The van der Waals surface area contributed by atoms with Gasteiger partial charge in [0.2, 0.25) is 0 Å². The number of sulfonamides is 1. The Morgan fingerprint density at radius 1 is 1.37 bits per heavy atom. The second kappa shape index (κ2) is 4.78. The summed E-state index contributed by atoms with van der Waals surface area (Å²) in [6.07, 6.45) is 0. The van der Waals surface area contributed by atoms with E-state index in [4.69, 9.17) is 0 Å². The van der Waals surface area contributed by atoms with E-state index in [1.165, 1.54) is 32.2 Å². The van der Waals surface area contributed by atoms with Crippen molar-refractivity contribution in [1.82, 2.24) is 4.98 Å². The first-order chi connectivity index (χ1) is 8.82. The molecule has 0 aliphatic heterocycles. The first-order valence-corrected chi connectivity index (χ1v) is 7.52. The van der Waals surface area contributed by atoms with Crippen LogP contribution in [0, 0.1) is 12.7 Å². The summed E-state index contributed by atoms with van der Waals surface area (Å²) in [6.45, 7) is 1.50. The normalized spacial score (nSPS) is 11.5. The third-order valence-corrected chi connectivity index (χ3v) is 5.92. The van der Waals surface area contributed by atoms with Crippen LogP contribution >= 0.6 is 11.3 Å². The lowest BCUT2D eigenvalue weighted by Crippen LogP contribution is -2.26. The Balaban J connectivity index is 2.51. The number of nitrogens with one attached hydrogen (secondary N) is 1. The van der Waals surface area contributed by atoms with Crippen LogP contribution < -0.4 is 9.18 Å². The van der Waals surface area contributed by atoms with Gasteiger partial charge in [-0.05, 0) is 25.1 Å². The molecule has 102 valence electrons. The molecule has 5 nitrogen and oxygen atoms in total. The largest absolute Gasteiger partial charge is 0.315 e. The van der Waals surface area contributed by atoms with E-state index in [0.29, 0.717) is 11.3 Å². The fourth-order valence-corrected chi connectivity index (χ4v) is 4.21. The molecule has 0 fully saturated rings. The summed E-state index contributed by atoms with van der Waals surface area (Å²) in [4.78, 5) is 13.2. The molecule has 0 radical (unpaired) electrons. The lowest BCUT2D eigenvalue weighted by atomic mass is 10.3. The average Bonchev–Trinajstić information content (AvgIpc) is 2.68. The Morgan fingerprint density at radius 2 is 2.05 bits per heavy atom. The maximum absolute atomic E-state index is 13.1. The van der Waals surface area contributed by atoms with Gasteiger partial charge < -0.3 is 4.98 Å². The summed E-state index contributed by atoms with van der Waals surface area (Å²) in [7, 11) is -2.55. The quantitative estimate of drug-likeness (QED) is 0.938. The van der Waals surface area contributed by atoms with Gasteiger partial charge in [0.25, 0.3) is 10.0 Å². The van der Waals surface area contributed by atoms with Crippen LogP contribution in [0.1, 0.15) is 5.69 Å². The Bertz CT molecular complexity index is 764. The van der Waals surface area contributed by atoms with Crippen molar-refractivity contribution in [3.05, 3.63) is 45.4 Å². The standard InChI is InChI=1S/C11H11FN2O3S2/c1-7-10(18-11(15)13-7)19(16,17)14(2)9-5-3-4-8(12)6-9/h3-6H,1-2H3,(H,13,15). The van der Waals surface area contributed by atoms with Crippen LogP contribution in [-0.2, 0) is 10.0 Å². The number of nitrogens with zero attached hydrogens (tertiary/aromatic N) is 1. The number of thiazole rings is 1. The molecule has 8 heteroatoms. The van der Waals surface area contributed by atoms with Crippen molar-refractivity contribution in [3.8, 4) is 0 Å². The van der Waals surface area contributed by atoms with Gasteiger partial charge >= 0.3 is 4.87 Å². The molecular weight excluding hydrogens is 291 g/mol. The van der Waals surface area contributed by atoms with E-state index in [1.54, 1.807) is 0 Å². The second-order valence-corrected chi connectivity index (χ2v) is 7.03. The maximum Gasteiger partial charge on any atom is 0.306 e. The topological polar surface area (TPSA) is 70.2 Å². The van der Waals surface area contributed by atoms with Gasteiger partial charge in [-0.2, -0.15) is 0 Å². The molecule has 0 aliphatic rings. The van der Waals surface area contributed by atoms with Gasteiger partial charge in [0.15, 0.2) is 4.21 Å². The van der Waals surface area contributed by atoms with Gasteiger partial charge in [0, 0.05) is 12.7 Å². The minimum atomic E-state index is -3.86. The molecule has 0 spiro atoms. The third kappa shape index (κ3) is 2.54. The van der Waals surface area contributed by atoms with Gasteiger partial charge in [-0.3, -0.25) is 9.10 Å². The first-order valence-electron chi connectivity index (χ1n) is 5.26. The highest BCUT2D eigenvalue weighted by atomic mass is 32.2. The van der Waals surface area contributed by atoms with Gasteiger partial charge in [-0.15, -0.1) is 0 Å². The Hall–Kier alpha value is -1.67. The number of aromatic nitrogens is 1. The van der Waals surface area contributed by atoms with E-state index in [-0.39, 0.29) is 15.6 Å². The highest BCUT2D eigenvalue weighted by Gasteiger charge is 2.26. The fraction of sp³-hybridized carbons (Fsp3) is 0.182. The predicted molar refractivity (Wildman–Crippen MR) is 71.7 cm³/mol. The minimum Gasteiger partial charge on any atom is -0.315 e. The predicted octanol–water partition coefficient (Wildman–Crippen LogP) is 1.71. The Morgan fingerprint density at radius 3 is 2.58 bits per heavy atom. The molecule has 0 bridgehead atoms. The number of rotatable bonds is 3. The summed E-state index contributed by atoms with van der Waals surface area (Å²) in [5.41, 5.74) is 0.471. The summed E-state index contributed by atoms with van der Waals surface area (Å²) < 4.78 is 38.7. The van der Waals surface area contributed by atoms with Gasteiger partial charge in [-0.25, -0.2) is 12.8 Å². The number of aryl methyl sites for hydroxylation is 1.